The van der Waals surface area contributed by atoms with Gasteiger partial charge in [-0.25, -0.2) is 9.18 Å². The zero-order valence-electron chi connectivity index (χ0n) is 16.7. The van der Waals surface area contributed by atoms with Gasteiger partial charge in [0.2, 0.25) is 5.91 Å². The number of likely N-dealkylation sites (N-methyl/N-ethyl adjacent to an activating group) is 1. The molecule has 2 heterocycles. The number of hydrogen-bond donors (Lipinski definition) is 1. The molecule has 0 fully saturated rings. The second-order valence-corrected chi connectivity index (χ2v) is 7.77. The van der Waals surface area contributed by atoms with E-state index in [-0.39, 0.29) is 36.9 Å². The average molecular weight is 420 g/mol. The topological polar surface area (TPSA) is 61.9 Å². The fourth-order valence-corrected chi connectivity index (χ4v) is 4.38. The molecule has 0 aliphatic carbocycles. The second kappa shape index (κ2) is 9.73. The molecule has 3 amide bonds. The van der Waals surface area contributed by atoms with Crippen LogP contribution in [0.2, 0.25) is 0 Å². The van der Waals surface area contributed by atoms with Crippen molar-refractivity contribution in [3.8, 4) is 5.75 Å². The number of halogens is 1. The van der Waals surface area contributed by atoms with Crippen molar-refractivity contribution < 1.29 is 18.7 Å². The van der Waals surface area contributed by atoms with E-state index in [0.29, 0.717) is 25.4 Å². The van der Waals surface area contributed by atoms with Crippen LogP contribution in [0, 0.1) is 5.82 Å². The van der Waals surface area contributed by atoms with Crippen molar-refractivity contribution in [1.82, 2.24) is 15.1 Å². The molecule has 1 aliphatic heterocycles. The van der Waals surface area contributed by atoms with Gasteiger partial charge in [-0.15, -0.1) is 11.3 Å². The Labute approximate surface area is 174 Å². The van der Waals surface area contributed by atoms with Gasteiger partial charge in [-0.05, 0) is 49.4 Å². The number of hydrogen-bond acceptors (Lipinski definition) is 4. The monoisotopic (exact) mass is 419 g/mol. The summed E-state index contributed by atoms with van der Waals surface area (Å²) in [5.74, 6) is -0.0594. The molecular weight excluding hydrogens is 393 g/mol. The van der Waals surface area contributed by atoms with Gasteiger partial charge in [0.15, 0.2) is 0 Å². The molecule has 1 aromatic heterocycles. The molecule has 6 nitrogen and oxygen atoms in total. The van der Waals surface area contributed by atoms with Crippen molar-refractivity contribution in [2.24, 2.45) is 0 Å². The number of ether oxygens (including phenoxy) is 1. The van der Waals surface area contributed by atoms with Gasteiger partial charge >= 0.3 is 6.03 Å². The van der Waals surface area contributed by atoms with Crippen LogP contribution < -0.4 is 10.1 Å². The molecule has 1 aliphatic rings. The van der Waals surface area contributed by atoms with Crippen molar-refractivity contribution in [2.45, 2.75) is 26.3 Å². The van der Waals surface area contributed by atoms with E-state index >= 15 is 0 Å². The number of nitrogens with zero attached hydrogens (tertiary/aromatic N) is 2. The van der Waals surface area contributed by atoms with E-state index in [2.05, 4.69) is 5.32 Å². The minimum absolute atomic E-state index is 0.0122. The molecule has 2 aromatic rings. The Kier molecular flexibility index (Phi) is 7.09. The van der Waals surface area contributed by atoms with Crippen LogP contribution in [0.1, 0.15) is 30.3 Å². The van der Waals surface area contributed by atoms with E-state index in [1.807, 2.05) is 25.3 Å². The molecule has 29 heavy (non-hydrogen) atoms. The zero-order valence-corrected chi connectivity index (χ0v) is 17.5. The zero-order chi connectivity index (χ0) is 20.8. The minimum Gasteiger partial charge on any atom is -0.491 e. The normalized spacial score (nSPS) is 15.6. The third-order valence-electron chi connectivity index (χ3n) is 4.94. The standard InChI is InChI=1S/C21H26FN3O3S/c1-3-23-21(27)24(4-2)13-20(26)25-10-8-19-17(9-11-29-19)18(25)14-28-16-7-5-6-15(22)12-16/h5-7,9,11-12,18H,3-4,8,10,13-14H2,1-2H3,(H,23,27)/t18-/m1/s1. The Morgan fingerprint density at radius 2 is 2.17 bits per heavy atom. The molecule has 8 heteroatoms. The first kappa shape index (κ1) is 21.1. The number of nitrogens with one attached hydrogen (secondary N) is 1. The van der Waals surface area contributed by atoms with Crippen molar-refractivity contribution in [3.63, 3.8) is 0 Å². The predicted molar refractivity (Wildman–Crippen MR) is 111 cm³/mol. The highest BCUT2D eigenvalue weighted by Crippen LogP contribution is 2.34. The van der Waals surface area contributed by atoms with Gasteiger partial charge < -0.3 is 19.9 Å². The van der Waals surface area contributed by atoms with Crippen LogP contribution in [-0.4, -0.2) is 54.5 Å². The van der Waals surface area contributed by atoms with Crippen molar-refractivity contribution >= 4 is 23.3 Å². The van der Waals surface area contributed by atoms with E-state index < -0.39 is 0 Å². The maximum Gasteiger partial charge on any atom is 0.317 e. The summed E-state index contributed by atoms with van der Waals surface area (Å²) in [5.41, 5.74) is 1.06. The van der Waals surface area contributed by atoms with Crippen molar-refractivity contribution in [2.75, 3.05) is 32.8 Å². The summed E-state index contributed by atoms with van der Waals surface area (Å²) >= 11 is 1.67. The number of carbonyl (C=O) groups is 2. The Morgan fingerprint density at radius 3 is 2.90 bits per heavy atom. The van der Waals surface area contributed by atoms with Crippen molar-refractivity contribution in [1.29, 1.82) is 0 Å². The molecule has 3 rings (SSSR count). The fourth-order valence-electron chi connectivity index (χ4n) is 3.45. The maximum absolute atomic E-state index is 13.5. The highest BCUT2D eigenvalue weighted by molar-refractivity contribution is 7.10. The summed E-state index contributed by atoms with van der Waals surface area (Å²) in [6, 6.07) is 7.48. The third kappa shape index (κ3) is 5.06. The molecule has 0 saturated heterocycles. The van der Waals surface area contributed by atoms with E-state index in [0.717, 1.165) is 12.0 Å². The smallest absolute Gasteiger partial charge is 0.317 e. The first-order chi connectivity index (χ1) is 14.0. The summed E-state index contributed by atoms with van der Waals surface area (Å²) in [7, 11) is 0. The van der Waals surface area contributed by atoms with Gasteiger partial charge in [-0.3, -0.25) is 4.79 Å². The fraction of sp³-hybridized carbons (Fsp3) is 0.429. The Hall–Kier alpha value is -2.61. The van der Waals surface area contributed by atoms with Gasteiger partial charge in [-0.2, -0.15) is 0 Å². The lowest BCUT2D eigenvalue weighted by Crippen LogP contribution is -2.49. The van der Waals surface area contributed by atoms with Crippen LogP contribution in [0.25, 0.3) is 0 Å². The molecule has 1 atom stereocenters. The first-order valence-corrected chi connectivity index (χ1v) is 10.7. The lowest BCUT2D eigenvalue weighted by molar-refractivity contribution is -0.135. The summed E-state index contributed by atoms with van der Waals surface area (Å²) in [4.78, 5) is 29.7. The molecule has 0 bridgehead atoms. The summed E-state index contributed by atoms with van der Waals surface area (Å²) in [5, 5.41) is 4.75. The van der Waals surface area contributed by atoms with E-state index in [1.165, 1.54) is 21.9 Å². The number of rotatable bonds is 7. The molecule has 156 valence electrons. The van der Waals surface area contributed by atoms with Crippen LogP contribution in [-0.2, 0) is 11.2 Å². The highest BCUT2D eigenvalue weighted by atomic mass is 32.1. The summed E-state index contributed by atoms with van der Waals surface area (Å²) < 4.78 is 19.3. The van der Waals surface area contributed by atoms with Gasteiger partial charge in [-0.1, -0.05) is 6.07 Å². The van der Waals surface area contributed by atoms with Crippen molar-refractivity contribution in [3.05, 3.63) is 52.0 Å². The van der Waals surface area contributed by atoms with E-state index in [9.17, 15) is 14.0 Å². The number of amides is 3. The maximum atomic E-state index is 13.5. The lowest BCUT2D eigenvalue weighted by Gasteiger charge is -2.37. The van der Waals surface area contributed by atoms with Crippen LogP contribution in [0.15, 0.2) is 35.7 Å². The van der Waals surface area contributed by atoms with E-state index in [1.54, 1.807) is 28.4 Å². The quantitative estimate of drug-likeness (QED) is 0.748. The van der Waals surface area contributed by atoms with Crippen LogP contribution in [0.3, 0.4) is 0 Å². The van der Waals surface area contributed by atoms with Gasteiger partial charge in [0.05, 0.1) is 6.04 Å². The molecule has 1 N–H and O–H groups in total. The van der Waals surface area contributed by atoms with E-state index in [4.69, 9.17) is 4.74 Å². The van der Waals surface area contributed by atoms with Crippen LogP contribution in [0.5, 0.6) is 5.75 Å². The molecule has 0 saturated carbocycles. The van der Waals surface area contributed by atoms with Crippen LogP contribution >= 0.6 is 11.3 Å². The largest absolute Gasteiger partial charge is 0.491 e. The molecule has 0 spiro atoms. The number of fused-ring (bicyclic) bond motifs is 1. The molecule has 0 radical (unpaired) electrons. The first-order valence-electron chi connectivity index (χ1n) is 9.80. The SMILES string of the molecule is CCNC(=O)N(CC)CC(=O)N1CCc2sccc2[C@H]1COc1cccc(F)c1. The molecule has 1 aromatic carbocycles. The lowest BCUT2D eigenvalue weighted by atomic mass is 10.0. The van der Waals surface area contributed by atoms with Gasteiger partial charge in [0.25, 0.3) is 0 Å². The summed E-state index contributed by atoms with van der Waals surface area (Å²) in [6.07, 6.45) is 0.780. The number of benzene rings is 1. The molecular formula is C21H26FN3O3S. The number of carbonyl (C=O) groups excluding carboxylic acids is 2. The predicted octanol–water partition coefficient (Wildman–Crippen LogP) is 3.44. The Bertz CT molecular complexity index is 857. The summed E-state index contributed by atoms with van der Waals surface area (Å²) in [6.45, 7) is 5.45. The number of thiophene rings is 1. The number of urea groups is 1. The third-order valence-corrected chi connectivity index (χ3v) is 5.94. The highest BCUT2D eigenvalue weighted by Gasteiger charge is 2.33. The van der Waals surface area contributed by atoms with Crippen LogP contribution in [0.4, 0.5) is 9.18 Å². The Balaban J connectivity index is 1.75. The molecule has 0 unspecified atom stereocenters. The van der Waals surface area contributed by atoms with Gasteiger partial charge in [0, 0.05) is 30.6 Å². The van der Waals surface area contributed by atoms with Gasteiger partial charge in [0.1, 0.15) is 24.7 Å². The minimum atomic E-state index is -0.365. The second-order valence-electron chi connectivity index (χ2n) is 6.77. The average Bonchev–Trinajstić information content (AvgIpc) is 3.19. The Morgan fingerprint density at radius 1 is 1.34 bits per heavy atom.